The molecule has 0 aromatic heterocycles. The van der Waals surface area contributed by atoms with Crippen molar-refractivity contribution in [3.05, 3.63) is 53.6 Å². The van der Waals surface area contributed by atoms with Crippen LogP contribution in [0.25, 0.3) is 0 Å². The normalized spacial score (nSPS) is 13.5. The SMILES string of the molecule is COc1cccc(C(O)CN(C)C(=O)c2ccc3c(c2)OCO3)c1. The Labute approximate surface area is 140 Å². The Kier molecular flexibility index (Phi) is 4.57. The molecule has 6 heteroatoms. The van der Waals surface area contributed by atoms with E-state index in [1.165, 1.54) is 4.90 Å². The second-order valence-electron chi connectivity index (χ2n) is 5.55. The van der Waals surface area contributed by atoms with Crippen molar-refractivity contribution in [1.82, 2.24) is 4.90 Å². The second-order valence-corrected chi connectivity index (χ2v) is 5.55. The van der Waals surface area contributed by atoms with Gasteiger partial charge in [0.1, 0.15) is 5.75 Å². The van der Waals surface area contributed by atoms with Crippen LogP contribution in [0.15, 0.2) is 42.5 Å². The molecule has 1 aliphatic rings. The number of aliphatic hydroxyl groups excluding tert-OH is 1. The van der Waals surface area contributed by atoms with Gasteiger partial charge < -0.3 is 24.2 Å². The van der Waals surface area contributed by atoms with Gasteiger partial charge >= 0.3 is 0 Å². The van der Waals surface area contributed by atoms with Crippen molar-refractivity contribution in [2.45, 2.75) is 6.10 Å². The Morgan fingerprint density at radius 3 is 2.83 bits per heavy atom. The van der Waals surface area contributed by atoms with Gasteiger partial charge in [-0.1, -0.05) is 12.1 Å². The highest BCUT2D eigenvalue weighted by Gasteiger charge is 2.20. The molecule has 0 aliphatic carbocycles. The van der Waals surface area contributed by atoms with Gasteiger partial charge in [0.05, 0.1) is 19.8 Å². The Bertz CT molecular complexity index is 746. The van der Waals surface area contributed by atoms with E-state index in [1.54, 1.807) is 56.6 Å². The lowest BCUT2D eigenvalue weighted by Crippen LogP contribution is -2.31. The molecule has 2 aromatic carbocycles. The van der Waals surface area contributed by atoms with Crippen molar-refractivity contribution < 1.29 is 24.1 Å². The van der Waals surface area contributed by atoms with Crippen LogP contribution in [0.1, 0.15) is 22.0 Å². The summed E-state index contributed by atoms with van der Waals surface area (Å²) in [5.41, 5.74) is 1.18. The number of ether oxygens (including phenoxy) is 3. The number of carbonyl (C=O) groups is 1. The third-order valence-corrected chi connectivity index (χ3v) is 3.89. The molecule has 1 heterocycles. The summed E-state index contributed by atoms with van der Waals surface area (Å²) in [4.78, 5) is 14.0. The van der Waals surface area contributed by atoms with Crippen molar-refractivity contribution in [2.75, 3.05) is 27.5 Å². The standard InChI is InChI=1S/C18H19NO5/c1-19(10-15(20)12-4-3-5-14(8-12)22-2)18(21)13-6-7-16-17(9-13)24-11-23-16/h3-9,15,20H,10-11H2,1-2H3. The van der Waals surface area contributed by atoms with E-state index in [1.807, 2.05) is 0 Å². The Morgan fingerprint density at radius 1 is 1.25 bits per heavy atom. The van der Waals surface area contributed by atoms with E-state index in [0.29, 0.717) is 28.4 Å². The van der Waals surface area contributed by atoms with Crippen LogP contribution < -0.4 is 14.2 Å². The number of carbonyl (C=O) groups excluding carboxylic acids is 1. The number of aliphatic hydroxyl groups is 1. The Morgan fingerprint density at radius 2 is 2.04 bits per heavy atom. The van der Waals surface area contributed by atoms with Crippen molar-refractivity contribution >= 4 is 5.91 Å². The zero-order chi connectivity index (χ0) is 17.1. The summed E-state index contributed by atoms with van der Waals surface area (Å²) in [7, 11) is 3.22. The summed E-state index contributed by atoms with van der Waals surface area (Å²) in [5, 5.41) is 10.4. The van der Waals surface area contributed by atoms with Crippen LogP contribution in [0, 0.1) is 0 Å². The molecule has 0 saturated heterocycles. The molecule has 1 amide bonds. The van der Waals surface area contributed by atoms with Crippen molar-refractivity contribution in [2.24, 2.45) is 0 Å². The monoisotopic (exact) mass is 329 g/mol. The van der Waals surface area contributed by atoms with Gasteiger partial charge in [-0.3, -0.25) is 4.79 Å². The third-order valence-electron chi connectivity index (χ3n) is 3.89. The van der Waals surface area contributed by atoms with E-state index >= 15 is 0 Å². The summed E-state index contributed by atoms with van der Waals surface area (Å²) in [5.74, 6) is 1.65. The summed E-state index contributed by atoms with van der Waals surface area (Å²) < 4.78 is 15.7. The number of benzene rings is 2. The molecule has 0 spiro atoms. The Balaban J connectivity index is 1.69. The predicted molar refractivity (Wildman–Crippen MR) is 87.5 cm³/mol. The summed E-state index contributed by atoms with van der Waals surface area (Å²) in [6.07, 6.45) is -0.803. The van der Waals surface area contributed by atoms with Crippen molar-refractivity contribution in [3.63, 3.8) is 0 Å². The summed E-state index contributed by atoms with van der Waals surface area (Å²) in [6.45, 7) is 0.331. The number of rotatable bonds is 5. The maximum absolute atomic E-state index is 12.5. The largest absolute Gasteiger partial charge is 0.497 e. The van der Waals surface area contributed by atoms with Crippen LogP contribution in [0.2, 0.25) is 0 Å². The lowest BCUT2D eigenvalue weighted by Gasteiger charge is -2.21. The maximum atomic E-state index is 12.5. The van der Waals surface area contributed by atoms with Gasteiger partial charge in [0, 0.05) is 12.6 Å². The van der Waals surface area contributed by atoms with Crippen LogP contribution in [0.3, 0.4) is 0 Å². The zero-order valence-corrected chi connectivity index (χ0v) is 13.6. The minimum Gasteiger partial charge on any atom is -0.497 e. The average molecular weight is 329 g/mol. The second kappa shape index (κ2) is 6.80. The van der Waals surface area contributed by atoms with Crippen molar-refractivity contribution in [1.29, 1.82) is 0 Å². The molecule has 0 bridgehead atoms. The summed E-state index contributed by atoms with van der Waals surface area (Å²) >= 11 is 0. The first-order chi connectivity index (χ1) is 11.6. The fraction of sp³-hybridized carbons (Fsp3) is 0.278. The van der Waals surface area contributed by atoms with Crippen LogP contribution in [-0.4, -0.2) is 43.4 Å². The van der Waals surface area contributed by atoms with Gasteiger partial charge in [-0.2, -0.15) is 0 Å². The van der Waals surface area contributed by atoms with E-state index in [4.69, 9.17) is 14.2 Å². The van der Waals surface area contributed by atoms with Crippen molar-refractivity contribution in [3.8, 4) is 17.2 Å². The molecule has 2 aromatic rings. The first kappa shape index (κ1) is 16.1. The smallest absolute Gasteiger partial charge is 0.253 e. The first-order valence-corrected chi connectivity index (χ1v) is 7.55. The van der Waals surface area contributed by atoms with Gasteiger partial charge in [-0.15, -0.1) is 0 Å². The molecule has 3 rings (SSSR count). The number of methoxy groups -OCH3 is 1. The molecule has 0 saturated carbocycles. The quantitative estimate of drug-likeness (QED) is 0.911. The number of hydrogen-bond donors (Lipinski definition) is 1. The Hall–Kier alpha value is -2.73. The molecule has 0 radical (unpaired) electrons. The van der Waals surface area contributed by atoms with Gasteiger partial charge in [-0.25, -0.2) is 0 Å². The van der Waals surface area contributed by atoms with Gasteiger partial charge in [-0.05, 0) is 35.9 Å². The minimum absolute atomic E-state index is 0.164. The fourth-order valence-electron chi connectivity index (χ4n) is 2.55. The molecule has 1 aliphatic heterocycles. The average Bonchev–Trinajstić information content (AvgIpc) is 3.08. The number of likely N-dealkylation sites (N-methyl/N-ethyl adjacent to an activating group) is 1. The molecular weight excluding hydrogens is 310 g/mol. The van der Waals surface area contributed by atoms with Crippen LogP contribution in [-0.2, 0) is 0 Å². The molecular formula is C18H19NO5. The highest BCUT2D eigenvalue weighted by atomic mass is 16.7. The first-order valence-electron chi connectivity index (χ1n) is 7.55. The molecule has 126 valence electrons. The maximum Gasteiger partial charge on any atom is 0.253 e. The number of fused-ring (bicyclic) bond motifs is 1. The zero-order valence-electron chi connectivity index (χ0n) is 13.6. The van der Waals surface area contributed by atoms with Crippen LogP contribution in [0.5, 0.6) is 17.2 Å². The molecule has 1 N–H and O–H groups in total. The highest BCUT2D eigenvalue weighted by Crippen LogP contribution is 2.32. The van der Waals surface area contributed by atoms with E-state index < -0.39 is 6.10 Å². The van der Waals surface area contributed by atoms with E-state index in [9.17, 15) is 9.90 Å². The number of hydrogen-bond acceptors (Lipinski definition) is 5. The topological polar surface area (TPSA) is 68.2 Å². The van der Waals surface area contributed by atoms with Gasteiger partial charge in [0.15, 0.2) is 11.5 Å². The lowest BCUT2D eigenvalue weighted by molar-refractivity contribution is 0.0680. The molecule has 1 atom stereocenters. The third kappa shape index (κ3) is 3.28. The predicted octanol–water partition coefficient (Wildman–Crippen LogP) is 2.23. The lowest BCUT2D eigenvalue weighted by atomic mass is 10.1. The number of nitrogens with zero attached hydrogens (tertiary/aromatic N) is 1. The molecule has 24 heavy (non-hydrogen) atoms. The van der Waals surface area contributed by atoms with Gasteiger partial charge in [0.25, 0.3) is 5.91 Å². The van der Waals surface area contributed by atoms with Gasteiger partial charge in [0.2, 0.25) is 6.79 Å². The van der Waals surface area contributed by atoms with E-state index in [-0.39, 0.29) is 19.2 Å². The minimum atomic E-state index is -0.803. The van der Waals surface area contributed by atoms with E-state index in [0.717, 1.165) is 0 Å². The number of amides is 1. The molecule has 0 fully saturated rings. The molecule has 6 nitrogen and oxygen atoms in total. The van der Waals surface area contributed by atoms with Crippen LogP contribution in [0.4, 0.5) is 0 Å². The summed E-state index contributed by atoms with van der Waals surface area (Å²) in [6, 6.07) is 12.2. The highest BCUT2D eigenvalue weighted by molar-refractivity contribution is 5.94. The molecule has 1 unspecified atom stereocenters. The van der Waals surface area contributed by atoms with Crippen LogP contribution >= 0.6 is 0 Å². The fourth-order valence-corrected chi connectivity index (χ4v) is 2.55. The van der Waals surface area contributed by atoms with E-state index in [2.05, 4.69) is 0 Å².